The first-order valence-corrected chi connectivity index (χ1v) is 5.91. The maximum absolute atomic E-state index is 5.55. The van der Waals surface area contributed by atoms with Crippen LogP contribution in [0, 0.1) is 6.92 Å². The number of anilines is 1. The van der Waals surface area contributed by atoms with Crippen molar-refractivity contribution in [1.29, 1.82) is 0 Å². The van der Waals surface area contributed by atoms with Gasteiger partial charge in [-0.25, -0.2) is 4.98 Å². The van der Waals surface area contributed by atoms with Gasteiger partial charge in [0.1, 0.15) is 5.52 Å². The summed E-state index contributed by atoms with van der Waals surface area (Å²) >= 11 is 0. The van der Waals surface area contributed by atoms with Crippen molar-refractivity contribution in [2.45, 2.75) is 6.92 Å². The van der Waals surface area contributed by atoms with Crippen molar-refractivity contribution in [2.75, 3.05) is 12.4 Å². The second-order valence-corrected chi connectivity index (χ2v) is 4.24. The molecular formula is C15H14N2O. The summed E-state index contributed by atoms with van der Waals surface area (Å²) in [5, 5.41) is 3.11. The fourth-order valence-corrected chi connectivity index (χ4v) is 2.05. The number of hydrogen-bond acceptors (Lipinski definition) is 3. The highest BCUT2D eigenvalue weighted by Crippen LogP contribution is 2.25. The molecule has 18 heavy (non-hydrogen) atoms. The van der Waals surface area contributed by atoms with Crippen LogP contribution in [0.25, 0.3) is 22.2 Å². The summed E-state index contributed by atoms with van der Waals surface area (Å²) in [5.41, 5.74) is 5.16. The van der Waals surface area contributed by atoms with Gasteiger partial charge < -0.3 is 9.73 Å². The molecule has 0 saturated heterocycles. The largest absolute Gasteiger partial charge is 0.441 e. The predicted octanol–water partition coefficient (Wildman–Crippen LogP) is 3.84. The lowest BCUT2D eigenvalue weighted by Gasteiger charge is -2.03. The Morgan fingerprint density at radius 1 is 1.00 bits per heavy atom. The zero-order valence-electron chi connectivity index (χ0n) is 10.4. The van der Waals surface area contributed by atoms with Crippen LogP contribution in [0.15, 0.2) is 46.9 Å². The summed E-state index contributed by atoms with van der Waals surface area (Å²) in [5.74, 6) is 0.702. The van der Waals surface area contributed by atoms with E-state index in [-0.39, 0.29) is 0 Å². The van der Waals surface area contributed by atoms with Gasteiger partial charge in [0, 0.05) is 19.7 Å². The first kappa shape index (κ1) is 10.8. The van der Waals surface area contributed by atoms with Crippen LogP contribution in [0.3, 0.4) is 0 Å². The number of nitrogens with zero attached hydrogens (tertiary/aromatic N) is 1. The van der Waals surface area contributed by atoms with Gasteiger partial charge in [0.05, 0.1) is 0 Å². The Labute approximate surface area is 105 Å². The van der Waals surface area contributed by atoms with Gasteiger partial charge >= 0.3 is 0 Å². The molecule has 90 valence electrons. The molecule has 0 saturated carbocycles. The fourth-order valence-electron chi connectivity index (χ4n) is 2.05. The summed E-state index contributed by atoms with van der Waals surface area (Å²) in [7, 11) is 1.92. The van der Waals surface area contributed by atoms with Gasteiger partial charge in [0.2, 0.25) is 0 Å². The number of oxazole rings is 1. The van der Waals surface area contributed by atoms with Crippen LogP contribution >= 0.6 is 0 Å². The zero-order chi connectivity index (χ0) is 12.5. The average Bonchev–Trinajstić information content (AvgIpc) is 2.78. The van der Waals surface area contributed by atoms with E-state index in [1.165, 1.54) is 5.56 Å². The van der Waals surface area contributed by atoms with Gasteiger partial charge in [-0.3, -0.25) is 0 Å². The molecule has 0 spiro atoms. The number of aryl methyl sites for hydroxylation is 1. The third-order valence-electron chi connectivity index (χ3n) is 3.00. The number of nitrogens with one attached hydrogen (secondary N) is 1. The minimum absolute atomic E-state index is 0.702. The van der Waals surface area contributed by atoms with E-state index in [0.29, 0.717) is 5.89 Å². The smallest absolute Gasteiger partial charge is 0.192 e. The molecule has 3 heteroatoms. The predicted molar refractivity (Wildman–Crippen MR) is 73.7 cm³/mol. The molecule has 1 aromatic heterocycles. The number of fused-ring (bicyclic) bond motifs is 1. The SMILES string of the molecule is CNc1ccc(-c2ccc3nc(C)oc3c2)cc1. The third-order valence-corrected chi connectivity index (χ3v) is 3.00. The molecular weight excluding hydrogens is 224 g/mol. The molecule has 0 amide bonds. The topological polar surface area (TPSA) is 38.1 Å². The first-order valence-electron chi connectivity index (χ1n) is 5.91. The minimum atomic E-state index is 0.702. The second kappa shape index (κ2) is 4.18. The summed E-state index contributed by atoms with van der Waals surface area (Å²) < 4.78 is 5.55. The number of rotatable bonds is 2. The number of aromatic nitrogens is 1. The summed E-state index contributed by atoms with van der Waals surface area (Å²) in [6.45, 7) is 1.86. The van der Waals surface area contributed by atoms with Gasteiger partial charge in [0.25, 0.3) is 0 Å². The lowest BCUT2D eigenvalue weighted by Crippen LogP contribution is -1.86. The lowest BCUT2D eigenvalue weighted by molar-refractivity contribution is 0.561. The molecule has 1 N–H and O–H groups in total. The summed E-state index contributed by atoms with van der Waals surface area (Å²) in [4.78, 5) is 4.30. The zero-order valence-corrected chi connectivity index (χ0v) is 10.4. The molecule has 0 atom stereocenters. The van der Waals surface area contributed by atoms with Gasteiger partial charge in [-0.05, 0) is 35.4 Å². The number of hydrogen-bond donors (Lipinski definition) is 1. The molecule has 0 aliphatic heterocycles. The van der Waals surface area contributed by atoms with Crippen molar-refractivity contribution in [3.63, 3.8) is 0 Å². The van der Waals surface area contributed by atoms with Crippen LogP contribution in [-0.4, -0.2) is 12.0 Å². The van der Waals surface area contributed by atoms with Gasteiger partial charge in [-0.2, -0.15) is 0 Å². The first-order chi connectivity index (χ1) is 8.76. The number of benzene rings is 2. The van der Waals surface area contributed by atoms with Crippen molar-refractivity contribution >= 4 is 16.8 Å². The van der Waals surface area contributed by atoms with Crippen LogP contribution in [0.5, 0.6) is 0 Å². The van der Waals surface area contributed by atoms with E-state index in [1.54, 1.807) is 0 Å². The Hall–Kier alpha value is -2.29. The molecule has 0 aliphatic rings. The lowest BCUT2D eigenvalue weighted by atomic mass is 10.1. The van der Waals surface area contributed by atoms with Crippen LogP contribution < -0.4 is 5.32 Å². The van der Waals surface area contributed by atoms with Gasteiger partial charge in [-0.1, -0.05) is 18.2 Å². The highest BCUT2D eigenvalue weighted by Gasteiger charge is 2.04. The van der Waals surface area contributed by atoms with Crippen molar-refractivity contribution in [2.24, 2.45) is 0 Å². The van der Waals surface area contributed by atoms with Crippen molar-refractivity contribution < 1.29 is 4.42 Å². The van der Waals surface area contributed by atoms with E-state index in [0.717, 1.165) is 22.4 Å². The Balaban J connectivity index is 2.06. The Morgan fingerprint density at radius 2 is 1.72 bits per heavy atom. The summed E-state index contributed by atoms with van der Waals surface area (Å²) in [6, 6.07) is 14.4. The van der Waals surface area contributed by atoms with E-state index in [2.05, 4.69) is 40.6 Å². The van der Waals surface area contributed by atoms with E-state index < -0.39 is 0 Å². The molecule has 1 heterocycles. The Morgan fingerprint density at radius 3 is 2.44 bits per heavy atom. The van der Waals surface area contributed by atoms with Crippen molar-refractivity contribution in [3.05, 3.63) is 48.4 Å². The molecule has 0 unspecified atom stereocenters. The van der Waals surface area contributed by atoms with Gasteiger partial charge in [0.15, 0.2) is 11.5 Å². The fraction of sp³-hybridized carbons (Fsp3) is 0.133. The van der Waals surface area contributed by atoms with Crippen LogP contribution in [0.2, 0.25) is 0 Å². The minimum Gasteiger partial charge on any atom is -0.441 e. The second-order valence-electron chi connectivity index (χ2n) is 4.24. The Kier molecular flexibility index (Phi) is 2.52. The normalized spacial score (nSPS) is 10.8. The molecule has 3 aromatic rings. The monoisotopic (exact) mass is 238 g/mol. The molecule has 0 aliphatic carbocycles. The molecule has 2 aromatic carbocycles. The van der Waals surface area contributed by atoms with Crippen LogP contribution in [-0.2, 0) is 0 Å². The van der Waals surface area contributed by atoms with Gasteiger partial charge in [-0.15, -0.1) is 0 Å². The molecule has 3 nitrogen and oxygen atoms in total. The average molecular weight is 238 g/mol. The molecule has 0 radical (unpaired) electrons. The van der Waals surface area contributed by atoms with Crippen LogP contribution in [0.1, 0.15) is 5.89 Å². The quantitative estimate of drug-likeness (QED) is 0.737. The maximum atomic E-state index is 5.55. The maximum Gasteiger partial charge on any atom is 0.192 e. The summed E-state index contributed by atoms with van der Waals surface area (Å²) in [6.07, 6.45) is 0. The van der Waals surface area contributed by atoms with Crippen molar-refractivity contribution in [1.82, 2.24) is 4.98 Å². The molecule has 0 bridgehead atoms. The van der Waals surface area contributed by atoms with E-state index >= 15 is 0 Å². The Bertz CT molecular complexity index is 683. The molecule has 3 rings (SSSR count). The highest BCUT2D eigenvalue weighted by atomic mass is 16.3. The van der Waals surface area contributed by atoms with E-state index in [4.69, 9.17) is 4.42 Å². The van der Waals surface area contributed by atoms with Crippen molar-refractivity contribution in [3.8, 4) is 11.1 Å². The van der Waals surface area contributed by atoms with E-state index in [9.17, 15) is 0 Å². The highest BCUT2D eigenvalue weighted by molar-refractivity contribution is 5.80. The van der Waals surface area contributed by atoms with Crippen LogP contribution in [0.4, 0.5) is 5.69 Å². The van der Waals surface area contributed by atoms with E-state index in [1.807, 2.05) is 26.1 Å². The standard InChI is InChI=1S/C15H14N2O/c1-10-17-14-8-5-12(9-15(14)18-10)11-3-6-13(16-2)7-4-11/h3-9,16H,1-2H3. The molecule has 0 fully saturated rings. The third kappa shape index (κ3) is 1.84.